The molecule has 4 heteroatoms. The minimum absolute atomic E-state index is 0.118. The van der Waals surface area contributed by atoms with Crippen molar-refractivity contribution in [2.45, 2.75) is 12.8 Å². The van der Waals surface area contributed by atoms with E-state index < -0.39 is 4.92 Å². The van der Waals surface area contributed by atoms with Gasteiger partial charge in [-0.2, -0.15) is 0 Å². The second-order valence-corrected chi connectivity index (χ2v) is 2.03. The summed E-state index contributed by atoms with van der Waals surface area (Å²) in [6.45, 7) is 0. The molecule has 0 saturated carbocycles. The van der Waals surface area contributed by atoms with Gasteiger partial charge in [0.25, 0.3) is 0 Å². The van der Waals surface area contributed by atoms with Crippen LogP contribution in [0.1, 0.15) is 12.8 Å². The highest BCUT2D eigenvalue weighted by molar-refractivity contribution is 5.18. The number of rotatable bonds is 1. The molecule has 0 spiro atoms. The van der Waals surface area contributed by atoms with E-state index in [1.165, 1.54) is 6.08 Å². The third kappa shape index (κ3) is 1.15. The van der Waals surface area contributed by atoms with Crippen LogP contribution < -0.4 is 0 Å². The van der Waals surface area contributed by atoms with E-state index in [1.807, 2.05) is 0 Å². The molecule has 4 nitrogen and oxygen atoms in total. The van der Waals surface area contributed by atoms with Gasteiger partial charge in [0.15, 0.2) is 5.76 Å². The van der Waals surface area contributed by atoms with Gasteiger partial charge in [0.1, 0.15) is 0 Å². The molecule has 0 amide bonds. The summed E-state index contributed by atoms with van der Waals surface area (Å²) in [7, 11) is 0. The fourth-order valence-electron chi connectivity index (χ4n) is 0.806. The second-order valence-electron chi connectivity index (χ2n) is 2.03. The van der Waals surface area contributed by atoms with E-state index in [0.29, 0.717) is 12.8 Å². The van der Waals surface area contributed by atoms with Crippen molar-refractivity contribution in [3.05, 3.63) is 33.7 Å². The molecular formula is C6H7NO3. The number of nitrogens with zero attached hydrogens (tertiary/aromatic N) is 1. The number of aliphatic hydroxyl groups is 1. The number of hydrogen-bond acceptors (Lipinski definition) is 3. The molecular weight excluding hydrogens is 134 g/mol. The molecule has 10 heavy (non-hydrogen) atoms. The molecule has 0 unspecified atom stereocenters. The molecule has 0 fully saturated rings. The van der Waals surface area contributed by atoms with Gasteiger partial charge in [-0.3, -0.25) is 10.1 Å². The Balaban J connectivity index is 2.90. The average Bonchev–Trinajstić information content (AvgIpc) is 1.88. The normalized spacial score (nSPS) is 17.6. The molecule has 0 aromatic carbocycles. The predicted octanol–water partition coefficient (Wildman–Crippen LogP) is 1.38. The van der Waals surface area contributed by atoms with Gasteiger partial charge in [0, 0.05) is 12.5 Å². The van der Waals surface area contributed by atoms with Crippen LogP contribution in [0.15, 0.2) is 23.6 Å². The summed E-state index contributed by atoms with van der Waals surface area (Å²) in [5.74, 6) is -0.118. The Morgan fingerprint density at radius 2 is 2.40 bits per heavy atom. The summed E-state index contributed by atoms with van der Waals surface area (Å²) < 4.78 is 0. The first-order valence-corrected chi connectivity index (χ1v) is 2.95. The van der Waals surface area contributed by atoms with Crippen LogP contribution in [-0.4, -0.2) is 10.0 Å². The fraction of sp³-hybridized carbons (Fsp3) is 0.333. The summed E-state index contributed by atoms with van der Waals surface area (Å²) in [4.78, 5) is 9.52. The topological polar surface area (TPSA) is 63.4 Å². The highest BCUT2D eigenvalue weighted by Gasteiger charge is 2.16. The van der Waals surface area contributed by atoms with E-state index in [9.17, 15) is 10.1 Å². The maximum atomic E-state index is 10.1. The van der Waals surface area contributed by atoms with Crippen LogP contribution in [0.5, 0.6) is 0 Å². The Hall–Kier alpha value is -1.32. The van der Waals surface area contributed by atoms with Gasteiger partial charge in [0.05, 0.1) is 4.92 Å². The van der Waals surface area contributed by atoms with Gasteiger partial charge in [-0.25, -0.2) is 0 Å². The zero-order chi connectivity index (χ0) is 7.56. The number of allylic oxidation sites excluding steroid dienone is 3. The smallest absolute Gasteiger partial charge is 0.306 e. The first-order chi connectivity index (χ1) is 4.72. The molecule has 0 saturated heterocycles. The van der Waals surface area contributed by atoms with Gasteiger partial charge in [0.2, 0.25) is 0 Å². The molecule has 1 aliphatic carbocycles. The first kappa shape index (κ1) is 6.80. The zero-order valence-electron chi connectivity index (χ0n) is 5.28. The van der Waals surface area contributed by atoms with Crippen LogP contribution in [0.2, 0.25) is 0 Å². The standard InChI is InChI=1S/C6H7NO3/c8-6-4-2-1-3-5(6)7(9)10/h1,3,8H,2,4H2. The van der Waals surface area contributed by atoms with E-state index in [4.69, 9.17) is 5.11 Å². The largest absolute Gasteiger partial charge is 0.506 e. The minimum Gasteiger partial charge on any atom is -0.506 e. The van der Waals surface area contributed by atoms with Crippen molar-refractivity contribution in [1.82, 2.24) is 0 Å². The Morgan fingerprint density at radius 3 is 2.80 bits per heavy atom. The van der Waals surface area contributed by atoms with Crippen LogP contribution >= 0.6 is 0 Å². The Bertz CT molecular complexity index is 217. The quantitative estimate of drug-likeness (QED) is 0.443. The molecule has 0 heterocycles. The van der Waals surface area contributed by atoms with Crippen molar-refractivity contribution >= 4 is 0 Å². The summed E-state index contributed by atoms with van der Waals surface area (Å²) >= 11 is 0. The Kier molecular flexibility index (Phi) is 1.71. The maximum absolute atomic E-state index is 10.1. The molecule has 1 N–H and O–H groups in total. The summed E-state index contributed by atoms with van der Waals surface area (Å²) in [5, 5.41) is 19.0. The molecule has 0 radical (unpaired) electrons. The summed E-state index contributed by atoms with van der Waals surface area (Å²) in [6, 6.07) is 0. The third-order valence-corrected chi connectivity index (χ3v) is 1.32. The second kappa shape index (κ2) is 2.51. The van der Waals surface area contributed by atoms with E-state index in [2.05, 4.69) is 0 Å². The van der Waals surface area contributed by atoms with Crippen LogP contribution in [0.4, 0.5) is 0 Å². The van der Waals surface area contributed by atoms with Crippen molar-refractivity contribution < 1.29 is 10.0 Å². The monoisotopic (exact) mass is 141 g/mol. The van der Waals surface area contributed by atoms with Crippen molar-refractivity contribution in [2.24, 2.45) is 0 Å². The molecule has 54 valence electrons. The van der Waals surface area contributed by atoms with Gasteiger partial charge >= 0.3 is 5.70 Å². The van der Waals surface area contributed by atoms with Gasteiger partial charge < -0.3 is 5.11 Å². The zero-order valence-corrected chi connectivity index (χ0v) is 5.28. The van der Waals surface area contributed by atoms with Crippen LogP contribution in [0, 0.1) is 10.1 Å². The SMILES string of the molecule is O=[N+]([O-])C1=C(O)CCC=C1. The maximum Gasteiger partial charge on any atom is 0.306 e. The van der Waals surface area contributed by atoms with Crippen molar-refractivity contribution in [3.63, 3.8) is 0 Å². The van der Waals surface area contributed by atoms with E-state index in [1.54, 1.807) is 6.08 Å². The third-order valence-electron chi connectivity index (χ3n) is 1.32. The molecule has 1 rings (SSSR count). The molecule has 0 bridgehead atoms. The fourth-order valence-corrected chi connectivity index (χ4v) is 0.806. The number of nitro groups is 1. The number of hydrogen-bond donors (Lipinski definition) is 1. The predicted molar refractivity (Wildman–Crippen MR) is 35.0 cm³/mol. The molecule has 0 atom stereocenters. The highest BCUT2D eigenvalue weighted by atomic mass is 16.6. The highest BCUT2D eigenvalue weighted by Crippen LogP contribution is 2.15. The summed E-state index contributed by atoms with van der Waals surface area (Å²) in [6.07, 6.45) is 4.08. The molecule has 1 aliphatic rings. The molecule has 0 aromatic rings. The number of aliphatic hydroxyl groups excluding tert-OH is 1. The first-order valence-electron chi connectivity index (χ1n) is 2.95. The average molecular weight is 141 g/mol. The van der Waals surface area contributed by atoms with Crippen LogP contribution in [-0.2, 0) is 0 Å². The lowest BCUT2D eigenvalue weighted by Gasteiger charge is -2.01. The Labute approximate surface area is 57.6 Å². The Morgan fingerprint density at radius 1 is 1.70 bits per heavy atom. The van der Waals surface area contributed by atoms with Gasteiger partial charge in [-0.1, -0.05) is 6.08 Å². The lowest BCUT2D eigenvalue weighted by molar-refractivity contribution is -0.422. The lowest BCUT2D eigenvalue weighted by atomic mass is 10.1. The van der Waals surface area contributed by atoms with Crippen molar-refractivity contribution in [1.29, 1.82) is 0 Å². The minimum atomic E-state index is -0.578. The lowest BCUT2D eigenvalue weighted by Crippen LogP contribution is -2.03. The van der Waals surface area contributed by atoms with Crippen LogP contribution in [0.25, 0.3) is 0 Å². The van der Waals surface area contributed by atoms with E-state index in [0.717, 1.165) is 0 Å². The molecule has 0 aliphatic heterocycles. The molecule has 0 aromatic heterocycles. The summed E-state index contributed by atoms with van der Waals surface area (Å²) in [5.41, 5.74) is -0.175. The van der Waals surface area contributed by atoms with E-state index in [-0.39, 0.29) is 11.5 Å². The van der Waals surface area contributed by atoms with E-state index >= 15 is 0 Å². The van der Waals surface area contributed by atoms with Crippen LogP contribution in [0.3, 0.4) is 0 Å². The van der Waals surface area contributed by atoms with Gasteiger partial charge in [-0.05, 0) is 6.42 Å². The van der Waals surface area contributed by atoms with Gasteiger partial charge in [-0.15, -0.1) is 0 Å². The van der Waals surface area contributed by atoms with Crippen molar-refractivity contribution in [2.75, 3.05) is 0 Å². The van der Waals surface area contributed by atoms with Crippen molar-refractivity contribution in [3.8, 4) is 0 Å².